The van der Waals surface area contributed by atoms with Crippen LogP contribution in [0.15, 0.2) is 22.7 Å². The summed E-state index contributed by atoms with van der Waals surface area (Å²) in [6.45, 7) is 5.34. The molecule has 0 fully saturated rings. The van der Waals surface area contributed by atoms with Crippen LogP contribution < -0.4 is 5.73 Å². The van der Waals surface area contributed by atoms with Crippen molar-refractivity contribution in [2.45, 2.75) is 32.9 Å². The van der Waals surface area contributed by atoms with Crippen LogP contribution in [-0.2, 0) is 6.54 Å². The van der Waals surface area contributed by atoms with Crippen molar-refractivity contribution in [3.8, 4) is 0 Å². The van der Waals surface area contributed by atoms with E-state index in [1.54, 1.807) is 0 Å². The third-order valence-corrected chi connectivity index (χ3v) is 3.36. The van der Waals surface area contributed by atoms with Crippen LogP contribution >= 0.6 is 15.9 Å². The van der Waals surface area contributed by atoms with Gasteiger partial charge in [-0.25, -0.2) is 0 Å². The first-order chi connectivity index (χ1) is 7.04. The van der Waals surface area contributed by atoms with Gasteiger partial charge in [0.25, 0.3) is 0 Å². The molecule has 84 valence electrons. The second-order valence-corrected chi connectivity index (χ2v) is 4.93. The van der Waals surface area contributed by atoms with Gasteiger partial charge in [-0.05, 0) is 38.1 Å². The molecule has 0 spiro atoms. The topological polar surface area (TPSA) is 29.3 Å². The molecule has 2 nitrogen and oxygen atoms in total. The Hall–Kier alpha value is -0.540. The highest BCUT2D eigenvalue weighted by molar-refractivity contribution is 9.10. The van der Waals surface area contributed by atoms with E-state index in [2.05, 4.69) is 47.8 Å². The van der Waals surface area contributed by atoms with Crippen molar-refractivity contribution >= 4 is 21.6 Å². The second-order valence-electron chi connectivity index (χ2n) is 4.02. The zero-order valence-electron chi connectivity index (χ0n) is 9.63. The quantitative estimate of drug-likeness (QED) is 0.852. The number of nitrogens with zero attached hydrogens (tertiary/aromatic N) is 1. The van der Waals surface area contributed by atoms with Gasteiger partial charge in [0, 0.05) is 22.7 Å². The third kappa shape index (κ3) is 3.50. The van der Waals surface area contributed by atoms with E-state index in [-0.39, 0.29) is 0 Å². The van der Waals surface area contributed by atoms with Crippen LogP contribution in [0.1, 0.15) is 25.8 Å². The maximum Gasteiger partial charge on any atom is 0.0371 e. The molecule has 0 aromatic heterocycles. The van der Waals surface area contributed by atoms with Gasteiger partial charge in [0.2, 0.25) is 0 Å². The lowest BCUT2D eigenvalue weighted by molar-refractivity contribution is 0.244. The van der Waals surface area contributed by atoms with E-state index in [9.17, 15) is 0 Å². The van der Waals surface area contributed by atoms with Crippen LogP contribution in [0.2, 0.25) is 0 Å². The van der Waals surface area contributed by atoms with Gasteiger partial charge in [0.05, 0.1) is 0 Å². The van der Waals surface area contributed by atoms with Crippen LogP contribution in [0.3, 0.4) is 0 Å². The van der Waals surface area contributed by atoms with Crippen molar-refractivity contribution in [2.75, 3.05) is 12.8 Å². The minimum absolute atomic E-state index is 0.591. The molecule has 1 rings (SSSR count). The molecule has 0 aliphatic heterocycles. The van der Waals surface area contributed by atoms with Crippen molar-refractivity contribution in [1.29, 1.82) is 0 Å². The maximum absolute atomic E-state index is 5.95. The monoisotopic (exact) mass is 270 g/mol. The van der Waals surface area contributed by atoms with Crippen molar-refractivity contribution < 1.29 is 0 Å². The predicted octanol–water partition coefficient (Wildman–Crippen LogP) is 3.26. The number of rotatable bonds is 4. The third-order valence-electron chi connectivity index (χ3n) is 2.87. The Morgan fingerprint density at radius 3 is 2.67 bits per heavy atom. The summed E-state index contributed by atoms with van der Waals surface area (Å²) >= 11 is 3.41. The second kappa shape index (κ2) is 5.52. The number of nitrogens with two attached hydrogens (primary N) is 1. The van der Waals surface area contributed by atoms with Gasteiger partial charge in [-0.3, -0.25) is 4.90 Å². The highest BCUT2D eigenvalue weighted by Crippen LogP contribution is 2.20. The molecule has 1 atom stereocenters. The zero-order valence-corrected chi connectivity index (χ0v) is 11.2. The molecular formula is C12H19BrN2. The fourth-order valence-corrected chi connectivity index (χ4v) is 1.82. The molecule has 0 bridgehead atoms. The van der Waals surface area contributed by atoms with Crippen LogP contribution in [0, 0.1) is 0 Å². The van der Waals surface area contributed by atoms with Crippen molar-refractivity contribution in [3.05, 3.63) is 28.2 Å². The lowest BCUT2D eigenvalue weighted by Gasteiger charge is -2.24. The molecule has 0 aliphatic rings. The van der Waals surface area contributed by atoms with E-state index in [4.69, 9.17) is 5.73 Å². The molecule has 1 aromatic rings. The van der Waals surface area contributed by atoms with E-state index in [1.165, 1.54) is 5.56 Å². The molecule has 15 heavy (non-hydrogen) atoms. The number of halogens is 1. The molecule has 0 heterocycles. The molecule has 1 aromatic carbocycles. The predicted molar refractivity (Wildman–Crippen MR) is 69.8 cm³/mol. The van der Waals surface area contributed by atoms with Crippen LogP contribution in [-0.4, -0.2) is 18.0 Å². The summed E-state index contributed by atoms with van der Waals surface area (Å²) in [4.78, 5) is 2.32. The van der Waals surface area contributed by atoms with Gasteiger partial charge in [0.15, 0.2) is 0 Å². The van der Waals surface area contributed by atoms with Gasteiger partial charge < -0.3 is 5.73 Å². The summed E-state index contributed by atoms with van der Waals surface area (Å²) in [6.07, 6.45) is 1.16. The Kier molecular flexibility index (Phi) is 4.61. The summed E-state index contributed by atoms with van der Waals surface area (Å²) in [5.41, 5.74) is 8.01. The summed E-state index contributed by atoms with van der Waals surface area (Å²) in [7, 11) is 2.13. The van der Waals surface area contributed by atoms with Crippen LogP contribution in [0.25, 0.3) is 0 Å². The summed E-state index contributed by atoms with van der Waals surface area (Å²) < 4.78 is 1.04. The highest BCUT2D eigenvalue weighted by Gasteiger charge is 2.09. The average Bonchev–Trinajstić information content (AvgIpc) is 2.20. The zero-order chi connectivity index (χ0) is 11.4. The molecule has 1 unspecified atom stereocenters. The fourth-order valence-electron chi connectivity index (χ4n) is 1.45. The first-order valence-corrected chi connectivity index (χ1v) is 6.08. The van der Waals surface area contributed by atoms with E-state index in [0.29, 0.717) is 6.04 Å². The molecule has 0 aliphatic carbocycles. The van der Waals surface area contributed by atoms with Crippen molar-refractivity contribution in [3.63, 3.8) is 0 Å². The number of nitrogen functional groups attached to an aromatic ring is 1. The first kappa shape index (κ1) is 12.5. The van der Waals surface area contributed by atoms with Gasteiger partial charge >= 0.3 is 0 Å². The van der Waals surface area contributed by atoms with Gasteiger partial charge in [-0.1, -0.05) is 28.9 Å². The minimum Gasteiger partial charge on any atom is -0.398 e. The SMILES string of the molecule is CCC(C)N(C)Cc1ccc(Br)cc1N. The number of hydrogen-bond donors (Lipinski definition) is 1. The Balaban J connectivity index is 2.72. The van der Waals surface area contributed by atoms with E-state index < -0.39 is 0 Å². The number of hydrogen-bond acceptors (Lipinski definition) is 2. The van der Waals surface area contributed by atoms with E-state index in [1.807, 2.05) is 12.1 Å². The Labute approximate surface area is 101 Å². The molecule has 2 N–H and O–H groups in total. The number of benzene rings is 1. The van der Waals surface area contributed by atoms with Crippen LogP contribution in [0.5, 0.6) is 0 Å². The van der Waals surface area contributed by atoms with Crippen molar-refractivity contribution in [1.82, 2.24) is 4.90 Å². The highest BCUT2D eigenvalue weighted by atomic mass is 79.9. The molecular weight excluding hydrogens is 252 g/mol. The van der Waals surface area contributed by atoms with Gasteiger partial charge in [-0.15, -0.1) is 0 Å². The average molecular weight is 271 g/mol. The number of anilines is 1. The van der Waals surface area contributed by atoms with E-state index in [0.717, 1.165) is 23.1 Å². The molecule has 0 saturated carbocycles. The Bertz CT molecular complexity index is 325. The molecule has 3 heteroatoms. The summed E-state index contributed by atoms with van der Waals surface area (Å²) in [5.74, 6) is 0. The maximum atomic E-state index is 5.95. The standard InChI is InChI=1S/C12H19BrN2/c1-4-9(2)15(3)8-10-5-6-11(13)7-12(10)14/h5-7,9H,4,8,14H2,1-3H3. The minimum atomic E-state index is 0.591. The lowest BCUT2D eigenvalue weighted by atomic mass is 10.1. The Morgan fingerprint density at radius 1 is 1.47 bits per heavy atom. The fraction of sp³-hybridized carbons (Fsp3) is 0.500. The largest absolute Gasteiger partial charge is 0.398 e. The summed E-state index contributed by atoms with van der Waals surface area (Å²) in [5, 5.41) is 0. The van der Waals surface area contributed by atoms with Gasteiger partial charge in [-0.2, -0.15) is 0 Å². The van der Waals surface area contributed by atoms with E-state index >= 15 is 0 Å². The normalized spacial score (nSPS) is 13.1. The molecule has 0 radical (unpaired) electrons. The van der Waals surface area contributed by atoms with Crippen molar-refractivity contribution in [2.24, 2.45) is 0 Å². The first-order valence-electron chi connectivity index (χ1n) is 5.28. The molecule has 0 amide bonds. The van der Waals surface area contributed by atoms with Gasteiger partial charge in [0.1, 0.15) is 0 Å². The van der Waals surface area contributed by atoms with Crippen LogP contribution in [0.4, 0.5) is 5.69 Å². The lowest BCUT2D eigenvalue weighted by Crippen LogP contribution is -2.28. The smallest absolute Gasteiger partial charge is 0.0371 e. The summed E-state index contributed by atoms with van der Waals surface area (Å²) in [6, 6.07) is 6.67. The molecule has 0 saturated heterocycles. The Morgan fingerprint density at radius 2 is 2.13 bits per heavy atom.